The topological polar surface area (TPSA) is 72.2 Å². The summed E-state index contributed by atoms with van der Waals surface area (Å²) in [6.45, 7) is 6.14. The van der Waals surface area contributed by atoms with Crippen molar-refractivity contribution in [2.24, 2.45) is 5.92 Å². The molecular weight excluding hydrogens is 396 g/mol. The van der Waals surface area contributed by atoms with Gasteiger partial charge in [0.15, 0.2) is 0 Å². The van der Waals surface area contributed by atoms with Gasteiger partial charge in [0.05, 0.1) is 26.0 Å². The van der Waals surface area contributed by atoms with Crippen LogP contribution in [0.15, 0.2) is 47.1 Å². The molecule has 0 spiro atoms. The third kappa shape index (κ3) is 6.59. The molecule has 0 saturated carbocycles. The Hall–Kier alpha value is -2.80. The average Bonchev–Trinajstić information content (AvgIpc) is 3.46. The summed E-state index contributed by atoms with van der Waals surface area (Å²) in [4.78, 5) is 29.8. The van der Waals surface area contributed by atoms with Crippen LogP contribution in [0.2, 0.25) is 0 Å². The van der Waals surface area contributed by atoms with Crippen molar-refractivity contribution in [3.05, 3.63) is 54.0 Å². The molecule has 168 valence electrons. The van der Waals surface area contributed by atoms with Gasteiger partial charge in [-0.2, -0.15) is 0 Å². The van der Waals surface area contributed by atoms with Gasteiger partial charge < -0.3 is 23.7 Å². The SMILES string of the molecule is COc1ccc(C(=O)N(CC(=O)N(Cc2ccco2)C[C@H]2CCCO2)CC(C)C)cc1. The lowest BCUT2D eigenvalue weighted by Gasteiger charge is -2.29. The molecule has 2 aromatic rings. The van der Waals surface area contributed by atoms with Crippen molar-refractivity contribution in [1.82, 2.24) is 9.80 Å². The van der Waals surface area contributed by atoms with Crippen LogP contribution in [-0.4, -0.2) is 61.1 Å². The van der Waals surface area contributed by atoms with E-state index in [0.717, 1.165) is 19.4 Å². The molecule has 1 atom stereocenters. The number of hydrogen-bond acceptors (Lipinski definition) is 5. The van der Waals surface area contributed by atoms with Crippen molar-refractivity contribution < 1.29 is 23.5 Å². The van der Waals surface area contributed by atoms with E-state index in [1.165, 1.54) is 0 Å². The predicted molar refractivity (Wildman–Crippen MR) is 117 cm³/mol. The van der Waals surface area contributed by atoms with Crippen LogP contribution in [-0.2, 0) is 16.1 Å². The molecule has 1 fully saturated rings. The van der Waals surface area contributed by atoms with Crippen molar-refractivity contribution in [2.75, 3.05) is 33.4 Å². The lowest BCUT2D eigenvalue weighted by atomic mass is 10.1. The Morgan fingerprint density at radius 1 is 1.16 bits per heavy atom. The van der Waals surface area contributed by atoms with E-state index < -0.39 is 0 Å². The van der Waals surface area contributed by atoms with Gasteiger partial charge in [-0.3, -0.25) is 9.59 Å². The molecule has 2 heterocycles. The zero-order valence-corrected chi connectivity index (χ0v) is 18.6. The highest BCUT2D eigenvalue weighted by Crippen LogP contribution is 2.17. The molecule has 0 N–H and O–H groups in total. The van der Waals surface area contributed by atoms with Gasteiger partial charge in [0.25, 0.3) is 5.91 Å². The summed E-state index contributed by atoms with van der Waals surface area (Å²) >= 11 is 0. The largest absolute Gasteiger partial charge is 0.497 e. The molecule has 1 saturated heterocycles. The molecule has 7 nitrogen and oxygen atoms in total. The number of amides is 2. The third-order valence-electron chi connectivity index (χ3n) is 5.26. The van der Waals surface area contributed by atoms with Crippen molar-refractivity contribution in [1.29, 1.82) is 0 Å². The standard InChI is InChI=1S/C24H32N2O5/c1-18(2)14-26(24(28)19-8-10-20(29-3)11-9-19)17-23(27)25(15-21-6-4-12-30-21)16-22-7-5-13-31-22/h4,6,8-12,18,22H,5,7,13-17H2,1-3H3/t22-/m1/s1. The highest BCUT2D eigenvalue weighted by atomic mass is 16.5. The number of nitrogens with zero attached hydrogens (tertiary/aromatic N) is 2. The van der Waals surface area contributed by atoms with E-state index in [2.05, 4.69) is 0 Å². The maximum absolute atomic E-state index is 13.3. The van der Waals surface area contributed by atoms with Gasteiger partial charge >= 0.3 is 0 Å². The fourth-order valence-corrected chi connectivity index (χ4v) is 3.72. The monoisotopic (exact) mass is 428 g/mol. The van der Waals surface area contributed by atoms with E-state index in [0.29, 0.717) is 36.7 Å². The Bertz CT molecular complexity index is 826. The summed E-state index contributed by atoms with van der Waals surface area (Å²) in [6.07, 6.45) is 3.56. The maximum Gasteiger partial charge on any atom is 0.254 e. The Kier molecular flexibility index (Phi) is 8.12. The molecule has 1 aromatic carbocycles. The number of rotatable bonds is 10. The number of furan rings is 1. The molecule has 2 amide bonds. The quantitative estimate of drug-likeness (QED) is 0.578. The first-order chi connectivity index (χ1) is 15.0. The highest BCUT2D eigenvalue weighted by Gasteiger charge is 2.27. The predicted octanol–water partition coefficient (Wildman–Crippen LogP) is 3.59. The number of carbonyl (C=O) groups is 2. The summed E-state index contributed by atoms with van der Waals surface area (Å²) in [5.41, 5.74) is 0.533. The Balaban J connectivity index is 1.74. The van der Waals surface area contributed by atoms with Crippen LogP contribution in [0.3, 0.4) is 0 Å². The van der Waals surface area contributed by atoms with Crippen molar-refractivity contribution in [3.63, 3.8) is 0 Å². The molecule has 31 heavy (non-hydrogen) atoms. The van der Waals surface area contributed by atoms with Crippen LogP contribution in [0.25, 0.3) is 0 Å². The lowest BCUT2D eigenvalue weighted by Crippen LogP contribution is -2.46. The van der Waals surface area contributed by atoms with Gasteiger partial charge in [-0.1, -0.05) is 13.8 Å². The van der Waals surface area contributed by atoms with Crippen LogP contribution >= 0.6 is 0 Å². The Morgan fingerprint density at radius 2 is 1.94 bits per heavy atom. The summed E-state index contributed by atoms with van der Waals surface area (Å²) in [5.74, 6) is 1.34. The summed E-state index contributed by atoms with van der Waals surface area (Å²) < 4.78 is 16.4. The van der Waals surface area contributed by atoms with Gasteiger partial charge in [0.2, 0.25) is 5.91 Å². The zero-order valence-electron chi connectivity index (χ0n) is 18.6. The maximum atomic E-state index is 13.3. The first-order valence-corrected chi connectivity index (χ1v) is 10.8. The Morgan fingerprint density at radius 3 is 2.52 bits per heavy atom. The van der Waals surface area contributed by atoms with Gasteiger partial charge in [-0.25, -0.2) is 0 Å². The minimum absolute atomic E-state index is 0.0104. The van der Waals surface area contributed by atoms with E-state index in [1.54, 1.807) is 47.4 Å². The average molecular weight is 429 g/mol. The summed E-state index contributed by atoms with van der Waals surface area (Å²) in [5, 5.41) is 0. The summed E-state index contributed by atoms with van der Waals surface area (Å²) in [6, 6.07) is 10.6. The second-order valence-electron chi connectivity index (χ2n) is 8.30. The molecule has 1 aliphatic heterocycles. The molecule has 3 rings (SSSR count). The van der Waals surface area contributed by atoms with Crippen molar-refractivity contribution >= 4 is 11.8 Å². The van der Waals surface area contributed by atoms with Crippen molar-refractivity contribution in [2.45, 2.75) is 39.3 Å². The van der Waals surface area contributed by atoms with Gasteiger partial charge in [0, 0.05) is 25.3 Å². The Labute approximate surface area is 183 Å². The molecule has 0 radical (unpaired) electrons. The van der Waals surface area contributed by atoms with E-state index >= 15 is 0 Å². The molecule has 1 aliphatic rings. The number of hydrogen-bond donors (Lipinski definition) is 0. The number of methoxy groups -OCH3 is 1. The molecule has 0 bridgehead atoms. The molecule has 0 unspecified atom stereocenters. The second-order valence-corrected chi connectivity index (χ2v) is 8.30. The van der Waals surface area contributed by atoms with Gasteiger partial charge in [-0.15, -0.1) is 0 Å². The number of ether oxygens (including phenoxy) is 2. The third-order valence-corrected chi connectivity index (χ3v) is 5.26. The van der Waals surface area contributed by atoms with E-state index in [4.69, 9.17) is 13.9 Å². The molecule has 1 aromatic heterocycles. The van der Waals surface area contributed by atoms with Crippen LogP contribution in [0.4, 0.5) is 0 Å². The van der Waals surface area contributed by atoms with Crippen LogP contribution in [0.1, 0.15) is 42.8 Å². The van der Waals surface area contributed by atoms with Gasteiger partial charge in [0.1, 0.15) is 18.1 Å². The van der Waals surface area contributed by atoms with Crippen molar-refractivity contribution in [3.8, 4) is 5.75 Å². The number of carbonyl (C=O) groups excluding carboxylic acids is 2. The molecule has 0 aliphatic carbocycles. The van der Waals surface area contributed by atoms with E-state index in [-0.39, 0.29) is 30.4 Å². The normalized spacial score (nSPS) is 15.8. The highest BCUT2D eigenvalue weighted by molar-refractivity contribution is 5.96. The van der Waals surface area contributed by atoms with Crippen LogP contribution in [0, 0.1) is 5.92 Å². The van der Waals surface area contributed by atoms with Gasteiger partial charge in [-0.05, 0) is 55.2 Å². The van der Waals surface area contributed by atoms with Crippen LogP contribution < -0.4 is 4.74 Å². The minimum atomic E-state index is -0.167. The smallest absolute Gasteiger partial charge is 0.254 e. The second kappa shape index (κ2) is 11.0. The fraction of sp³-hybridized carbons (Fsp3) is 0.500. The lowest BCUT2D eigenvalue weighted by molar-refractivity contribution is -0.134. The molecular formula is C24H32N2O5. The number of benzene rings is 1. The minimum Gasteiger partial charge on any atom is -0.497 e. The first-order valence-electron chi connectivity index (χ1n) is 10.8. The van der Waals surface area contributed by atoms with Crippen LogP contribution in [0.5, 0.6) is 5.75 Å². The summed E-state index contributed by atoms with van der Waals surface area (Å²) in [7, 11) is 1.59. The molecule has 7 heteroatoms. The fourth-order valence-electron chi connectivity index (χ4n) is 3.72. The zero-order chi connectivity index (χ0) is 22.2. The first kappa shape index (κ1) is 22.9. The van der Waals surface area contributed by atoms with E-state index in [9.17, 15) is 9.59 Å². The van der Waals surface area contributed by atoms with E-state index in [1.807, 2.05) is 26.0 Å².